The third-order valence-electron chi connectivity index (χ3n) is 12.3. The number of likely N-dealkylation sites (tertiary alicyclic amines) is 1. The van der Waals surface area contributed by atoms with Crippen molar-refractivity contribution >= 4 is 29.5 Å². The van der Waals surface area contributed by atoms with E-state index in [0.717, 1.165) is 44.9 Å². The SMILES string of the molecule is C=CCNC(=O)C(=O)C(CCC)NC(=O)[C@@H]1[C@@H]2C(CN1C(=O)[C@@H](NC(=O)NC1(CCC(C)(C)C)CCCCC1)C1Cc3ccccc3C1)C2(C)C. The van der Waals surface area contributed by atoms with E-state index in [4.69, 9.17) is 0 Å². The Morgan fingerprint density at radius 1 is 1.00 bits per heavy atom. The molecule has 1 heterocycles. The predicted molar refractivity (Wildman–Crippen MR) is 199 cm³/mol. The Hall–Kier alpha value is -3.69. The summed E-state index contributed by atoms with van der Waals surface area (Å²) in [4.78, 5) is 70.5. The monoisotopic (exact) mass is 703 g/mol. The average molecular weight is 704 g/mol. The summed E-state index contributed by atoms with van der Waals surface area (Å²) < 4.78 is 0. The van der Waals surface area contributed by atoms with Crippen LogP contribution in [-0.4, -0.2) is 71.2 Å². The standard InChI is InChI=1S/C41H61N5O5/c1-8-15-30(34(47)36(49)42-22-9-2)43-35(48)33-31-29(40(31,6)7)25-46(33)37(50)32(28-23-26-16-11-12-17-27(26)24-28)44-38(51)45-41(18-13-10-14-19-41)21-20-39(3,4)5/h9,11-12,16-17,28-33H,2,8,10,13-15,18-25H2,1,3-7H3,(H,42,49)(H,43,48)(H2,44,45,51)/t29?,30?,31-,32-,33-/m0/s1. The number of carbonyl (C=O) groups is 5. The Labute approximate surface area is 304 Å². The van der Waals surface area contributed by atoms with Crippen molar-refractivity contribution in [2.45, 2.75) is 136 Å². The Morgan fingerprint density at radius 3 is 2.24 bits per heavy atom. The fraction of sp³-hybridized carbons (Fsp3) is 0.683. The van der Waals surface area contributed by atoms with Gasteiger partial charge in [0.15, 0.2) is 0 Å². The highest BCUT2D eigenvalue weighted by Crippen LogP contribution is 2.65. The molecular formula is C41H61N5O5. The van der Waals surface area contributed by atoms with Crippen molar-refractivity contribution in [3.05, 3.63) is 48.0 Å². The van der Waals surface area contributed by atoms with Gasteiger partial charge in [-0.1, -0.05) is 97.6 Å². The molecular weight excluding hydrogens is 642 g/mol. The molecule has 51 heavy (non-hydrogen) atoms. The number of nitrogens with zero attached hydrogens (tertiary/aromatic N) is 1. The summed E-state index contributed by atoms with van der Waals surface area (Å²) in [5.41, 5.74) is 2.00. The van der Waals surface area contributed by atoms with E-state index in [2.05, 4.69) is 74.6 Å². The molecule has 0 radical (unpaired) electrons. The van der Waals surface area contributed by atoms with Crippen LogP contribution in [0.1, 0.15) is 110 Å². The van der Waals surface area contributed by atoms with Gasteiger partial charge in [-0.05, 0) is 84.7 Å². The first-order chi connectivity index (χ1) is 24.1. The number of fused-ring (bicyclic) bond motifs is 2. The number of carbonyl (C=O) groups excluding carboxylic acids is 5. The lowest BCUT2D eigenvalue weighted by atomic mass is 9.75. The second-order valence-corrected chi connectivity index (χ2v) is 17.5. The number of rotatable bonds is 14. The van der Waals surface area contributed by atoms with Crippen molar-refractivity contribution in [2.75, 3.05) is 13.1 Å². The first kappa shape index (κ1) is 38.5. The molecule has 0 aromatic heterocycles. The van der Waals surface area contributed by atoms with E-state index in [1.807, 2.05) is 19.1 Å². The summed E-state index contributed by atoms with van der Waals surface area (Å²) in [5, 5.41) is 12.0. The average Bonchev–Trinajstić information content (AvgIpc) is 3.44. The maximum atomic E-state index is 14.9. The lowest BCUT2D eigenvalue weighted by Crippen LogP contribution is -2.62. The van der Waals surface area contributed by atoms with Crippen LogP contribution in [0.2, 0.25) is 0 Å². The number of hydrogen-bond donors (Lipinski definition) is 4. The van der Waals surface area contributed by atoms with E-state index >= 15 is 0 Å². The minimum absolute atomic E-state index is 0.0911. The Bertz CT molecular complexity index is 1470. The molecule has 2 unspecified atom stereocenters. The Kier molecular flexibility index (Phi) is 11.7. The van der Waals surface area contributed by atoms with Crippen LogP contribution in [0.4, 0.5) is 4.79 Å². The quantitative estimate of drug-likeness (QED) is 0.155. The van der Waals surface area contributed by atoms with Gasteiger partial charge in [0.05, 0.1) is 6.04 Å². The second kappa shape index (κ2) is 15.5. The molecule has 5 atom stereocenters. The van der Waals surface area contributed by atoms with Crippen LogP contribution in [0.25, 0.3) is 0 Å². The zero-order valence-electron chi connectivity index (χ0n) is 31.7. The summed E-state index contributed by atoms with van der Waals surface area (Å²) in [7, 11) is 0. The van der Waals surface area contributed by atoms with Crippen LogP contribution in [-0.2, 0) is 32.0 Å². The van der Waals surface area contributed by atoms with Gasteiger partial charge < -0.3 is 26.2 Å². The molecule has 4 aliphatic rings. The molecule has 5 amide bonds. The van der Waals surface area contributed by atoms with E-state index in [0.29, 0.717) is 32.2 Å². The molecule has 1 aromatic carbocycles. The number of nitrogens with one attached hydrogen (secondary N) is 4. The molecule has 280 valence electrons. The van der Waals surface area contributed by atoms with Crippen molar-refractivity contribution in [3.63, 3.8) is 0 Å². The zero-order valence-corrected chi connectivity index (χ0v) is 31.7. The third-order valence-corrected chi connectivity index (χ3v) is 12.3. The molecule has 0 spiro atoms. The lowest BCUT2D eigenvalue weighted by Gasteiger charge is -2.41. The van der Waals surface area contributed by atoms with Crippen LogP contribution in [0.3, 0.4) is 0 Å². The number of hydrogen-bond acceptors (Lipinski definition) is 5. The van der Waals surface area contributed by atoms with Crippen LogP contribution < -0.4 is 21.3 Å². The summed E-state index contributed by atoms with van der Waals surface area (Å²) in [5.74, 6) is -2.32. The fourth-order valence-corrected chi connectivity index (χ4v) is 9.12. The molecule has 1 saturated heterocycles. The summed E-state index contributed by atoms with van der Waals surface area (Å²) in [6, 6.07) is 5.19. The van der Waals surface area contributed by atoms with E-state index < -0.39 is 35.7 Å². The van der Waals surface area contributed by atoms with Gasteiger partial charge in [0.25, 0.3) is 5.91 Å². The van der Waals surface area contributed by atoms with Gasteiger partial charge >= 0.3 is 6.03 Å². The lowest BCUT2D eigenvalue weighted by molar-refractivity contribution is -0.144. The first-order valence-corrected chi connectivity index (χ1v) is 19.3. The zero-order chi connectivity index (χ0) is 37.1. The summed E-state index contributed by atoms with van der Waals surface area (Å²) in [6.45, 7) is 16.9. The van der Waals surface area contributed by atoms with Gasteiger partial charge in [-0.15, -0.1) is 6.58 Å². The van der Waals surface area contributed by atoms with Gasteiger partial charge in [0, 0.05) is 18.6 Å². The fourth-order valence-electron chi connectivity index (χ4n) is 9.12. The molecule has 1 aliphatic heterocycles. The molecule has 10 nitrogen and oxygen atoms in total. The van der Waals surface area contributed by atoms with Crippen molar-refractivity contribution in [1.29, 1.82) is 0 Å². The van der Waals surface area contributed by atoms with E-state index in [1.54, 1.807) is 4.90 Å². The molecule has 0 bridgehead atoms. The van der Waals surface area contributed by atoms with E-state index in [1.165, 1.54) is 17.2 Å². The minimum atomic E-state index is -1.01. The van der Waals surface area contributed by atoms with Crippen LogP contribution in [0.5, 0.6) is 0 Å². The highest BCUT2D eigenvalue weighted by atomic mass is 16.2. The molecule has 10 heteroatoms. The van der Waals surface area contributed by atoms with E-state index in [-0.39, 0.29) is 52.6 Å². The topological polar surface area (TPSA) is 137 Å². The number of benzene rings is 1. The molecule has 2 saturated carbocycles. The minimum Gasteiger partial charge on any atom is -0.346 e. The predicted octanol–water partition coefficient (Wildman–Crippen LogP) is 5.24. The van der Waals surface area contributed by atoms with Crippen molar-refractivity contribution < 1.29 is 24.0 Å². The number of amides is 5. The van der Waals surface area contributed by atoms with Gasteiger partial charge in [-0.3, -0.25) is 19.2 Å². The molecule has 1 aromatic rings. The van der Waals surface area contributed by atoms with E-state index in [9.17, 15) is 24.0 Å². The second-order valence-electron chi connectivity index (χ2n) is 17.5. The summed E-state index contributed by atoms with van der Waals surface area (Å²) >= 11 is 0. The summed E-state index contributed by atoms with van der Waals surface area (Å²) in [6.07, 6.45) is 10.6. The maximum absolute atomic E-state index is 14.9. The Balaban J connectivity index is 1.39. The number of ketones is 1. The normalized spacial score (nSPS) is 24.4. The largest absolute Gasteiger partial charge is 0.346 e. The molecule has 3 aliphatic carbocycles. The smallest absolute Gasteiger partial charge is 0.315 e. The number of piperidine rings is 1. The van der Waals surface area contributed by atoms with Crippen molar-refractivity contribution in [3.8, 4) is 0 Å². The first-order valence-electron chi connectivity index (χ1n) is 19.3. The number of Topliss-reactive ketones (excluding diaryl/α,β-unsaturated/α-hetero) is 1. The third kappa shape index (κ3) is 8.69. The van der Waals surface area contributed by atoms with Crippen molar-refractivity contribution in [2.24, 2.45) is 28.6 Å². The van der Waals surface area contributed by atoms with Crippen LogP contribution >= 0.6 is 0 Å². The van der Waals surface area contributed by atoms with Gasteiger partial charge in [0.1, 0.15) is 12.1 Å². The highest BCUT2D eigenvalue weighted by molar-refractivity contribution is 6.38. The molecule has 3 fully saturated rings. The van der Waals surface area contributed by atoms with Gasteiger partial charge in [-0.25, -0.2) is 4.79 Å². The Morgan fingerprint density at radius 2 is 1.65 bits per heavy atom. The van der Waals surface area contributed by atoms with Crippen LogP contribution in [0, 0.1) is 28.6 Å². The highest BCUT2D eigenvalue weighted by Gasteiger charge is 2.70. The van der Waals surface area contributed by atoms with Crippen molar-refractivity contribution in [1.82, 2.24) is 26.2 Å². The maximum Gasteiger partial charge on any atom is 0.315 e. The van der Waals surface area contributed by atoms with Gasteiger partial charge in [-0.2, -0.15) is 0 Å². The number of urea groups is 1. The van der Waals surface area contributed by atoms with Crippen LogP contribution in [0.15, 0.2) is 36.9 Å². The van der Waals surface area contributed by atoms with Gasteiger partial charge in [0.2, 0.25) is 17.6 Å². The molecule has 5 rings (SSSR count). The molecule has 4 N–H and O–H groups in total.